The fourth-order valence-electron chi connectivity index (χ4n) is 4.16. The molecular weight excluding hydrogens is 420 g/mol. The summed E-state index contributed by atoms with van der Waals surface area (Å²) in [4.78, 5) is 18.0. The number of carboxylic acid groups (broad SMARTS) is 1. The average molecular weight is 441 g/mol. The van der Waals surface area contributed by atoms with E-state index < -0.39 is 5.97 Å². The molecule has 0 amide bonds. The molecule has 158 valence electrons. The zero-order valence-corrected chi connectivity index (χ0v) is 17.8. The van der Waals surface area contributed by atoms with Gasteiger partial charge in [0.05, 0.1) is 17.3 Å². The maximum Gasteiger partial charge on any atom is 0.335 e. The van der Waals surface area contributed by atoms with Gasteiger partial charge in [-0.15, -0.1) is 0 Å². The predicted molar refractivity (Wildman–Crippen MR) is 127 cm³/mol. The first kappa shape index (κ1) is 20.0. The lowest BCUT2D eigenvalue weighted by Gasteiger charge is -2.29. The summed E-state index contributed by atoms with van der Waals surface area (Å²) in [5, 5.41) is 13.3. The summed E-state index contributed by atoms with van der Waals surface area (Å²) in [5.41, 5.74) is 4.03. The number of hydrogen-bond acceptors (Lipinski definition) is 3. The Labute approximate surface area is 190 Å². The summed E-state index contributed by atoms with van der Waals surface area (Å²) in [6.45, 7) is 0. The van der Waals surface area contributed by atoms with Crippen molar-refractivity contribution in [1.82, 2.24) is 14.9 Å². The summed E-state index contributed by atoms with van der Waals surface area (Å²) in [5.74, 6) is -0.944. The van der Waals surface area contributed by atoms with Gasteiger partial charge in [-0.3, -0.25) is 4.98 Å². The van der Waals surface area contributed by atoms with Crippen molar-refractivity contribution >= 4 is 29.0 Å². The molecule has 7 heteroatoms. The third-order valence-electron chi connectivity index (χ3n) is 5.61. The smallest absolute Gasteiger partial charge is 0.335 e. The van der Waals surface area contributed by atoms with E-state index in [1.165, 1.54) is 0 Å². The van der Waals surface area contributed by atoms with Gasteiger partial charge in [-0.05, 0) is 72.9 Å². The molecule has 0 bridgehead atoms. The molecule has 1 saturated heterocycles. The van der Waals surface area contributed by atoms with Crippen LogP contribution in [0.5, 0.6) is 0 Å². The summed E-state index contributed by atoms with van der Waals surface area (Å²) in [6.07, 6.45) is 3.76. The second kappa shape index (κ2) is 8.28. The number of rotatable bonds is 5. The molecule has 2 aromatic heterocycles. The average Bonchev–Trinajstić information content (AvgIpc) is 3.44. The summed E-state index contributed by atoms with van der Waals surface area (Å²) < 4.78 is 2.07. The van der Waals surface area contributed by atoms with Gasteiger partial charge < -0.3 is 19.9 Å². The van der Waals surface area contributed by atoms with Crippen molar-refractivity contribution in [2.24, 2.45) is 0 Å². The molecule has 5 rings (SSSR count). The van der Waals surface area contributed by atoms with Gasteiger partial charge in [0.1, 0.15) is 6.04 Å². The van der Waals surface area contributed by atoms with Gasteiger partial charge in [-0.25, -0.2) is 4.79 Å². The van der Waals surface area contributed by atoms with Gasteiger partial charge in [0.2, 0.25) is 0 Å². The Morgan fingerprint density at radius 2 is 1.66 bits per heavy atom. The van der Waals surface area contributed by atoms with Crippen LogP contribution in [0.1, 0.15) is 33.8 Å². The molecule has 0 radical (unpaired) electrons. The third kappa shape index (κ3) is 3.52. The van der Waals surface area contributed by atoms with Crippen LogP contribution in [0.3, 0.4) is 0 Å². The highest BCUT2D eigenvalue weighted by molar-refractivity contribution is 7.80. The van der Waals surface area contributed by atoms with E-state index in [0.717, 1.165) is 22.8 Å². The molecule has 6 nitrogen and oxygen atoms in total. The highest BCUT2D eigenvalue weighted by Gasteiger charge is 2.42. The number of carbonyl (C=O) groups is 1. The number of benzene rings is 2. The number of nitrogens with zero attached hydrogens (tertiary/aromatic N) is 3. The van der Waals surface area contributed by atoms with E-state index >= 15 is 0 Å². The first-order valence-corrected chi connectivity index (χ1v) is 10.6. The quantitative estimate of drug-likeness (QED) is 0.437. The zero-order chi connectivity index (χ0) is 22.1. The standard InChI is InChI=1S/C25H20N4O2S/c30-24(31)17-11-13-18(14-12-17)28-16-6-10-21(28)23-22(20-9-4-5-15-26-20)27-25(32)29(23)19-7-2-1-3-8-19/h1-16,22-23H,(H,27,32)(H,30,31)/t22-,23-/m1/s1. The van der Waals surface area contributed by atoms with Gasteiger partial charge in [0, 0.05) is 29.5 Å². The number of para-hydroxylation sites is 1. The van der Waals surface area contributed by atoms with Gasteiger partial charge in [-0.1, -0.05) is 24.3 Å². The molecule has 0 unspecified atom stereocenters. The van der Waals surface area contributed by atoms with E-state index in [1.54, 1.807) is 18.3 Å². The molecule has 0 aliphatic carbocycles. The first-order valence-electron chi connectivity index (χ1n) is 10.2. The molecule has 2 aromatic carbocycles. The third-order valence-corrected chi connectivity index (χ3v) is 5.92. The normalized spacial score (nSPS) is 17.9. The van der Waals surface area contributed by atoms with E-state index in [-0.39, 0.29) is 17.6 Å². The fourth-order valence-corrected chi connectivity index (χ4v) is 4.50. The number of anilines is 1. The Kier molecular flexibility index (Phi) is 5.17. The Balaban J connectivity index is 1.63. The van der Waals surface area contributed by atoms with E-state index in [1.807, 2.05) is 72.9 Å². The van der Waals surface area contributed by atoms with Crippen molar-refractivity contribution in [3.63, 3.8) is 0 Å². The Morgan fingerprint density at radius 3 is 2.34 bits per heavy atom. The van der Waals surface area contributed by atoms with Crippen molar-refractivity contribution in [2.45, 2.75) is 12.1 Å². The minimum absolute atomic E-state index is 0.157. The van der Waals surface area contributed by atoms with Crippen LogP contribution < -0.4 is 10.2 Å². The van der Waals surface area contributed by atoms with Gasteiger partial charge in [-0.2, -0.15) is 0 Å². The fraction of sp³-hybridized carbons (Fsp3) is 0.0800. The second-order valence-corrected chi connectivity index (χ2v) is 7.87. The Bertz CT molecular complexity index is 1260. The van der Waals surface area contributed by atoms with Crippen molar-refractivity contribution in [3.8, 4) is 5.69 Å². The van der Waals surface area contributed by atoms with Crippen LogP contribution in [0.15, 0.2) is 97.3 Å². The largest absolute Gasteiger partial charge is 0.478 e. The molecule has 32 heavy (non-hydrogen) atoms. The molecule has 0 saturated carbocycles. The van der Waals surface area contributed by atoms with Crippen molar-refractivity contribution < 1.29 is 9.90 Å². The highest BCUT2D eigenvalue weighted by Crippen LogP contribution is 2.42. The predicted octanol–water partition coefficient (Wildman–Crippen LogP) is 4.75. The van der Waals surface area contributed by atoms with Crippen LogP contribution in [-0.4, -0.2) is 25.7 Å². The highest BCUT2D eigenvalue weighted by atomic mass is 32.1. The van der Waals surface area contributed by atoms with Crippen LogP contribution >= 0.6 is 12.2 Å². The van der Waals surface area contributed by atoms with Crippen LogP contribution in [0.2, 0.25) is 0 Å². The van der Waals surface area contributed by atoms with Crippen molar-refractivity contribution in [2.75, 3.05) is 4.90 Å². The number of pyridine rings is 1. The second-order valence-electron chi connectivity index (χ2n) is 7.49. The minimum atomic E-state index is -0.944. The summed E-state index contributed by atoms with van der Waals surface area (Å²) in [7, 11) is 0. The molecule has 2 N–H and O–H groups in total. The van der Waals surface area contributed by atoms with E-state index in [4.69, 9.17) is 12.2 Å². The molecule has 4 aromatic rings. The van der Waals surface area contributed by atoms with Gasteiger partial charge >= 0.3 is 5.97 Å². The molecule has 1 aliphatic rings. The van der Waals surface area contributed by atoms with E-state index in [0.29, 0.717) is 5.11 Å². The Hall–Kier alpha value is -3.97. The zero-order valence-electron chi connectivity index (χ0n) is 17.0. The van der Waals surface area contributed by atoms with E-state index in [2.05, 4.69) is 25.8 Å². The number of carboxylic acids is 1. The molecule has 0 spiro atoms. The maximum atomic E-state index is 11.3. The molecule has 1 aliphatic heterocycles. The number of thiocarbonyl (C=S) groups is 1. The molecular formula is C25H20N4O2S. The van der Waals surface area contributed by atoms with Crippen LogP contribution in [-0.2, 0) is 0 Å². The topological polar surface area (TPSA) is 70.4 Å². The summed E-state index contributed by atoms with van der Waals surface area (Å²) >= 11 is 5.77. The minimum Gasteiger partial charge on any atom is -0.478 e. The lowest BCUT2D eigenvalue weighted by molar-refractivity contribution is 0.0697. The Morgan fingerprint density at radius 1 is 0.906 bits per heavy atom. The SMILES string of the molecule is O=C(O)c1ccc(-n2cccc2[C@@H]2[C@@H](c3ccccn3)NC(=S)N2c2ccccc2)cc1. The van der Waals surface area contributed by atoms with Crippen LogP contribution in [0.25, 0.3) is 5.69 Å². The maximum absolute atomic E-state index is 11.3. The number of aromatic nitrogens is 2. The lowest BCUT2D eigenvalue weighted by Crippen LogP contribution is -2.30. The monoisotopic (exact) mass is 440 g/mol. The number of nitrogens with one attached hydrogen (secondary N) is 1. The molecule has 3 heterocycles. The summed E-state index contributed by atoms with van der Waals surface area (Å²) in [6, 6.07) is 26.5. The molecule has 2 atom stereocenters. The number of aromatic carboxylic acids is 1. The number of hydrogen-bond donors (Lipinski definition) is 2. The first-order chi connectivity index (χ1) is 15.6. The van der Waals surface area contributed by atoms with Crippen LogP contribution in [0.4, 0.5) is 5.69 Å². The van der Waals surface area contributed by atoms with Crippen molar-refractivity contribution in [1.29, 1.82) is 0 Å². The van der Waals surface area contributed by atoms with Gasteiger partial charge in [0.25, 0.3) is 0 Å². The van der Waals surface area contributed by atoms with Crippen molar-refractivity contribution in [3.05, 3.63) is 114 Å². The lowest BCUT2D eigenvalue weighted by atomic mass is 10.0. The van der Waals surface area contributed by atoms with E-state index in [9.17, 15) is 9.90 Å². The van der Waals surface area contributed by atoms with Gasteiger partial charge in [0.15, 0.2) is 5.11 Å². The molecule has 1 fully saturated rings. The van der Waals surface area contributed by atoms with Crippen LogP contribution in [0, 0.1) is 0 Å².